The Kier molecular flexibility index (Phi) is 5.95. The first-order chi connectivity index (χ1) is 12.3. The van der Waals surface area contributed by atoms with Crippen LogP contribution in [0, 0.1) is 6.92 Å². The van der Waals surface area contributed by atoms with Gasteiger partial charge in [0, 0.05) is 30.8 Å². The van der Waals surface area contributed by atoms with Crippen LogP contribution in [0.15, 0.2) is 36.4 Å². The average Bonchev–Trinajstić information content (AvgIpc) is 2.62. The van der Waals surface area contributed by atoms with Crippen LogP contribution in [0.4, 0.5) is 11.4 Å². The summed E-state index contributed by atoms with van der Waals surface area (Å²) >= 11 is 0. The fourth-order valence-corrected chi connectivity index (χ4v) is 2.42. The van der Waals surface area contributed by atoms with Gasteiger partial charge in [-0.15, -0.1) is 0 Å². The summed E-state index contributed by atoms with van der Waals surface area (Å²) in [5, 5.41) is 7.96. The van der Waals surface area contributed by atoms with Gasteiger partial charge in [-0.25, -0.2) is 0 Å². The van der Waals surface area contributed by atoms with E-state index in [4.69, 9.17) is 4.74 Å². The van der Waals surface area contributed by atoms with Crippen LogP contribution >= 0.6 is 0 Å². The molecule has 0 radical (unpaired) electrons. The summed E-state index contributed by atoms with van der Waals surface area (Å²) in [4.78, 5) is 35.6. The number of rotatable bonds is 5. The molecule has 0 heterocycles. The maximum absolute atomic E-state index is 12.7. The molecule has 0 unspecified atom stereocenters. The zero-order valence-electron chi connectivity index (χ0n) is 15.1. The van der Waals surface area contributed by atoms with Crippen LogP contribution in [0.1, 0.15) is 33.2 Å². The highest BCUT2D eigenvalue weighted by molar-refractivity contribution is 6.07. The summed E-state index contributed by atoms with van der Waals surface area (Å²) < 4.78 is 5.27. The van der Waals surface area contributed by atoms with Gasteiger partial charge in [0.1, 0.15) is 5.75 Å². The average molecular weight is 355 g/mol. The molecule has 7 nitrogen and oxygen atoms in total. The van der Waals surface area contributed by atoms with Crippen molar-refractivity contribution >= 4 is 29.1 Å². The summed E-state index contributed by atoms with van der Waals surface area (Å²) in [6.45, 7) is 3.21. The molecule has 0 aliphatic rings. The summed E-state index contributed by atoms with van der Waals surface area (Å²) in [7, 11) is 3.00. The van der Waals surface area contributed by atoms with Crippen molar-refractivity contribution in [3.05, 3.63) is 53.1 Å². The Balaban J connectivity index is 2.29. The lowest BCUT2D eigenvalue weighted by atomic mass is 10.1. The smallest absolute Gasteiger partial charge is 0.256 e. The van der Waals surface area contributed by atoms with E-state index in [9.17, 15) is 14.4 Å². The van der Waals surface area contributed by atoms with Gasteiger partial charge < -0.3 is 20.7 Å². The largest absolute Gasteiger partial charge is 0.495 e. The number of carbonyl (C=O) groups excluding carboxylic acids is 3. The number of amides is 3. The Hall–Kier alpha value is -3.35. The van der Waals surface area contributed by atoms with Crippen molar-refractivity contribution in [3.63, 3.8) is 0 Å². The van der Waals surface area contributed by atoms with Crippen LogP contribution < -0.4 is 20.7 Å². The minimum atomic E-state index is -0.347. The van der Waals surface area contributed by atoms with Crippen LogP contribution in [0.5, 0.6) is 5.75 Å². The molecule has 0 atom stereocenters. The first kappa shape index (κ1) is 19.0. The molecule has 0 saturated heterocycles. The molecule has 0 aromatic heterocycles. The number of nitrogens with one attached hydrogen (secondary N) is 3. The van der Waals surface area contributed by atoms with Crippen molar-refractivity contribution in [1.82, 2.24) is 5.32 Å². The van der Waals surface area contributed by atoms with E-state index >= 15 is 0 Å². The predicted molar refractivity (Wildman–Crippen MR) is 99.8 cm³/mol. The van der Waals surface area contributed by atoms with Crippen LogP contribution in [0.25, 0.3) is 0 Å². The fourth-order valence-electron chi connectivity index (χ4n) is 2.42. The maximum Gasteiger partial charge on any atom is 0.256 e. The Labute approximate surface area is 151 Å². The second-order valence-electron chi connectivity index (χ2n) is 5.66. The van der Waals surface area contributed by atoms with Gasteiger partial charge in [0.05, 0.1) is 12.8 Å². The molecule has 3 N–H and O–H groups in total. The lowest BCUT2D eigenvalue weighted by molar-refractivity contribution is -0.114. The van der Waals surface area contributed by atoms with Gasteiger partial charge in [-0.1, -0.05) is 6.07 Å². The summed E-state index contributed by atoms with van der Waals surface area (Å²) in [5.41, 5.74) is 2.59. The second-order valence-corrected chi connectivity index (χ2v) is 5.66. The first-order valence-corrected chi connectivity index (χ1v) is 7.95. The molecular weight excluding hydrogens is 334 g/mol. The van der Waals surface area contributed by atoms with Gasteiger partial charge >= 0.3 is 0 Å². The number of carbonyl (C=O) groups is 3. The van der Waals surface area contributed by atoms with Crippen molar-refractivity contribution in [2.75, 3.05) is 24.8 Å². The SMILES string of the molecule is CNC(=O)c1ccc(NC(=O)c2cc(NC(C)=O)ccc2C)c(OC)c1. The predicted octanol–water partition coefficient (Wildman–Crippen LogP) is 2.57. The van der Waals surface area contributed by atoms with Crippen molar-refractivity contribution < 1.29 is 19.1 Å². The fraction of sp³-hybridized carbons (Fsp3) is 0.211. The van der Waals surface area contributed by atoms with Crippen molar-refractivity contribution in [1.29, 1.82) is 0 Å². The quantitative estimate of drug-likeness (QED) is 0.768. The third-order valence-electron chi connectivity index (χ3n) is 3.74. The number of anilines is 2. The Bertz CT molecular complexity index is 862. The van der Waals surface area contributed by atoms with Crippen molar-refractivity contribution in [2.24, 2.45) is 0 Å². The normalized spacial score (nSPS) is 10.0. The maximum atomic E-state index is 12.7. The molecular formula is C19H21N3O4. The summed E-state index contributed by atoms with van der Waals surface area (Å²) in [6, 6.07) is 9.84. The van der Waals surface area contributed by atoms with E-state index < -0.39 is 0 Å². The molecule has 26 heavy (non-hydrogen) atoms. The minimum absolute atomic E-state index is 0.216. The van der Waals surface area contributed by atoms with E-state index in [1.54, 1.807) is 43.3 Å². The summed E-state index contributed by atoms with van der Waals surface area (Å²) in [6.07, 6.45) is 0. The van der Waals surface area contributed by atoms with Gasteiger partial charge in [0.25, 0.3) is 11.8 Å². The number of hydrogen-bond donors (Lipinski definition) is 3. The topological polar surface area (TPSA) is 96.5 Å². The van der Waals surface area contributed by atoms with E-state index in [1.807, 2.05) is 0 Å². The Morgan fingerprint density at radius 1 is 0.962 bits per heavy atom. The van der Waals surface area contributed by atoms with Gasteiger partial charge in [-0.3, -0.25) is 14.4 Å². The molecule has 2 rings (SSSR count). The van der Waals surface area contributed by atoms with Gasteiger partial charge in [0.2, 0.25) is 5.91 Å². The number of methoxy groups -OCH3 is 1. The van der Waals surface area contributed by atoms with Crippen molar-refractivity contribution in [2.45, 2.75) is 13.8 Å². The zero-order chi connectivity index (χ0) is 19.3. The molecule has 0 aliphatic heterocycles. The van der Waals surface area contributed by atoms with E-state index in [0.717, 1.165) is 5.56 Å². The molecule has 0 saturated carbocycles. The van der Waals surface area contributed by atoms with E-state index in [1.165, 1.54) is 21.1 Å². The highest BCUT2D eigenvalue weighted by atomic mass is 16.5. The Morgan fingerprint density at radius 3 is 2.31 bits per heavy atom. The van der Waals surface area contributed by atoms with E-state index in [2.05, 4.69) is 16.0 Å². The standard InChI is InChI=1S/C19H21N3O4/c1-11-5-7-14(21-12(2)23)10-15(11)19(25)22-16-8-6-13(18(24)20-3)9-17(16)26-4/h5-10H,1-4H3,(H,20,24)(H,21,23)(H,22,25). The molecule has 7 heteroatoms. The monoisotopic (exact) mass is 355 g/mol. The molecule has 2 aromatic rings. The molecule has 0 spiro atoms. The minimum Gasteiger partial charge on any atom is -0.495 e. The zero-order valence-corrected chi connectivity index (χ0v) is 15.1. The third kappa shape index (κ3) is 4.38. The molecule has 2 aromatic carbocycles. The van der Waals surface area contributed by atoms with Gasteiger partial charge in [-0.05, 0) is 42.8 Å². The van der Waals surface area contributed by atoms with E-state index in [0.29, 0.717) is 28.3 Å². The third-order valence-corrected chi connectivity index (χ3v) is 3.74. The molecule has 3 amide bonds. The molecule has 0 fully saturated rings. The van der Waals surface area contributed by atoms with Crippen LogP contribution in [-0.4, -0.2) is 31.9 Å². The lowest BCUT2D eigenvalue weighted by Gasteiger charge is -2.13. The second kappa shape index (κ2) is 8.15. The van der Waals surface area contributed by atoms with Crippen LogP contribution in [0.3, 0.4) is 0 Å². The van der Waals surface area contributed by atoms with Gasteiger partial charge in [0.15, 0.2) is 0 Å². The summed E-state index contributed by atoms with van der Waals surface area (Å²) in [5.74, 6) is -0.442. The molecule has 136 valence electrons. The van der Waals surface area contributed by atoms with E-state index in [-0.39, 0.29) is 17.7 Å². The van der Waals surface area contributed by atoms with Crippen LogP contribution in [-0.2, 0) is 4.79 Å². The van der Waals surface area contributed by atoms with Crippen molar-refractivity contribution in [3.8, 4) is 5.75 Å². The number of ether oxygens (including phenoxy) is 1. The lowest BCUT2D eigenvalue weighted by Crippen LogP contribution is -2.18. The highest BCUT2D eigenvalue weighted by Gasteiger charge is 2.15. The molecule has 0 aliphatic carbocycles. The first-order valence-electron chi connectivity index (χ1n) is 7.95. The van der Waals surface area contributed by atoms with Crippen LogP contribution in [0.2, 0.25) is 0 Å². The Morgan fingerprint density at radius 2 is 1.69 bits per heavy atom. The highest BCUT2D eigenvalue weighted by Crippen LogP contribution is 2.27. The molecule has 0 bridgehead atoms. The number of hydrogen-bond acceptors (Lipinski definition) is 4. The van der Waals surface area contributed by atoms with Gasteiger partial charge in [-0.2, -0.15) is 0 Å². The number of aryl methyl sites for hydroxylation is 1. The number of benzene rings is 2.